The molecule has 0 radical (unpaired) electrons. The van der Waals surface area contributed by atoms with E-state index in [0.717, 1.165) is 34.7 Å². The van der Waals surface area contributed by atoms with Gasteiger partial charge in [0.1, 0.15) is 5.65 Å². The molecule has 4 rings (SSSR count). The van der Waals surface area contributed by atoms with E-state index in [-0.39, 0.29) is 0 Å². The lowest BCUT2D eigenvalue weighted by Gasteiger charge is -2.09. The third-order valence-corrected chi connectivity index (χ3v) is 4.47. The number of para-hydroxylation sites is 1. The van der Waals surface area contributed by atoms with Crippen LogP contribution in [0.4, 0.5) is 5.69 Å². The lowest BCUT2D eigenvalue weighted by molar-refractivity contribution is 0.834. The monoisotopic (exact) mass is 330 g/mol. The number of hydrogen-bond donors (Lipinski definition) is 2. The molecule has 25 heavy (non-hydrogen) atoms. The van der Waals surface area contributed by atoms with Crippen LogP contribution in [0.5, 0.6) is 0 Å². The van der Waals surface area contributed by atoms with Gasteiger partial charge in [0.2, 0.25) is 0 Å². The standard InChI is InChI=1S/C21H22N4/c1-14(2)20-13-25-9-8-17(11-21(25)24-20)23-15(3)10-16-12-22-19-7-5-4-6-18(16)19/h4-9,11-14,22-23H,3,10H2,1-2H3. The zero-order valence-corrected chi connectivity index (χ0v) is 14.6. The van der Waals surface area contributed by atoms with Crippen LogP contribution in [0, 0.1) is 0 Å². The fraction of sp³-hybridized carbons (Fsp3) is 0.190. The topological polar surface area (TPSA) is 45.1 Å². The summed E-state index contributed by atoms with van der Waals surface area (Å²) in [6.45, 7) is 8.51. The molecule has 0 saturated heterocycles. The van der Waals surface area contributed by atoms with E-state index >= 15 is 0 Å². The summed E-state index contributed by atoms with van der Waals surface area (Å²) in [6.07, 6.45) is 6.96. The van der Waals surface area contributed by atoms with Gasteiger partial charge in [-0.2, -0.15) is 0 Å². The predicted octanol–water partition coefficient (Wildman–Crippen LogP) is 5.11. The Morgan fingerprint density at radius 1 is 1.28 bits per heavy atom. The van der Waals surface area contributed by atoms with Gasteiger partial charge in [0.25, 0.3) is 0 Å². The van der Waals surface area contributed by atoms with Crippen LogP contribution in [-0.4, -0.2) is 14.4 Å². The van der Waals surface area contributed by atoms with Gasteiger partial charge in [-0.05, 0) is 23.6 Å². The highest BCUT2D eigenvalue weighted by atomic mass is 15.0. The van der Waals surface area contributed by atoms with Crippen LogP contribution < -0.4 is 5.32 Å². The van der Waals surface area contributed by atoms with Crippen LogP contribution in [0.15, 0.2) is 67.3 Å². The van der Waals surface area contributed by atoms with Crippen LogP contribution in [-0.2, 0) is 6.42 Å². The van der Waals surface area contributed by atoms with Crippen molar-refractivity contribution < 1.29 is 0 Å². The average Bonchev–Trinajstić information content (AvgIpc) is 3.19. The van der Waals surface area contributed by atoms with E-state index in [2.05, 4.69) is 82.8 Å². The minimum atomic E-state index is 0.424. The SMILES string of the molecule is C=C(Cc1c[nH]c2ccccc12)Nc1ccn2cc(C(C)C)nc2c1. The van der Waals surface area contributed by atoms with Crippen molar-refractivity contribution in [3.63, 3.8) is 0 Å². The first-order valence-corrected chi connectivity index (χ1v) is 8.58. The maximum Gasteiger partial charge on any atom is 0.139 e. The highest BCUT2D eigenvalue weighted by Crippen LogP contribution is 2.22. The number of rotatable bonds is 5. The molecule has 0 atom stereocenters. The van der Waals surface area contributed by atoms with Crippen molar-refractivity contribution in [2.75, 3.05) is 5.32 Å². The molecule has 0 fully saturated rings. The first-order chi connectivity index (χ1) is 12.1. The van der Waals surface area contributed by atoms with E-state index in [1.165, 1.54) is 10.9 Å². The van der Waals surface area contributed by atoms with E-state index in [0.29, 0.717) is 5.92 Å². The zero-order valence-electron chi connectivity index (χ0n) is 14.6. The van der Waals surface area contributed by atoms with Gasteiger partial charge in [0.05, 0.1) is 5.69 Å². The number of imidazole rings is 1. The van der Waals surface area contributed by atoms with Crippen LogP contribution in [0.25, 0.3) is 16.6 Å². The third-order valence-electron chi connectivity index (χ3n) is 4.47. The molecule has 126 valence electrons. The number of fused-ring (bicyclic) bond motifs is 2. The van der Waals surface area contributed by atoms with Gasteiger partial charge in [0, 0.05) is 53.4 Å². The number of aromatic amines is 1. The molecule has 0 spiro atoms. The second-order valence-corrected chi connectivity index (χ2v) is 6.77. The van der Waals surface area contributed by atoms with Gasteiger partial charge in [0.15, 0.2) is 0 Å². The number of pyridine rings is 1. The number of aromatic nitrogens is 3. The molecule has 0 aliphatic carbocycles. The lowest BCUT2D eigenvalue weighted by atomic mass is 10.1. The highest BCUT2D eigenvalue weighted by Gasteiger charge is 2.08. The molecule has 0 aliphatic rings. The van der Waals surface area contributed by atoms with Crippen LogP contribution >= 0.6 is 0 Å². The summed E-state index contributed by atoms with van der Waals surface area (Å²) in [5, 5.41) is 4.66. The predicted molar refractivity (Wildman–Crippen MR) is 104 cm³/mol. The molecule has 4 nitrogen and oxygen atoms in total. The van der Waals surface area contributed by atoms with E-state index < -0.39 is 0 Å². The molecule has 0 unspecified atom stereocenters. The summed E-state index contributed by atoms with van der Waals surface area (Å²) >= 11 is 0. The first-order valence-electron chi connectivity index (χ1n) is 8.58. The molecule has 1 aromatic carbocycles. The molecular formula is C21H22N4. The van der Waals surface area contributed by atoms with Gasteiger partial charge in [-0.25, -0.2) is 4.98 Å². The maximum atomic E-state index is 4.69. The van der Waals surface area contributed by atoms with Crippen LogP contribution in [0.1, 0.15) is 31.0 Å². The largest absolute Gasteiger partial charge is 0.361 e. The molecule has 3 aromatic heterocycles. The Morgan fingerprint density at radius 3 is 2.96 bits per heavy atom. The zero-order chi connectivity index (χ0) is 17.4. The van der Waals surface area contributed by atoms with Crippen molar-refractivity contribution in [2.45, 2.75) is 26.2 Å². The maximum absolute atomic E-state index is 4.69. The van der Waals surface area contributed by atoms with Crippen molar-refractivity contribution in [1.82, 2.24) is 14.4 Å². The number of benzene rings is 1. The Labute approximate surface area is 147 Å². The molecule has 4 aromatic rings. The van der Waals surface area contributed by atoms with Crippen LogP contribution in [0.2, 0.25) is 0 Å². The number of nitrogens with zero attached hydrogens (tertiary/aromatic N) is 2. The number of anilines is 1. The fourth-order valence-corrected chi connectivity index (χ4v) is 3.11. The molecule has 2 N–H and O–H groups in total. The second-order valence-electron chi connectivity index (χ2n) is 6.77. The number of allylic oxidation sites excluding steroid dienone is 1. The summed E-state index contributed by atoms with van der Waals surface area (Å²) in [6, 6.07) is 12.5. The summed E-state index contributed by atoms with van der Waals surface area (Å²) in [7, 11) is 0. The molecule has 4 heteroatoms. The van der Waals surface area contributed by atoms with E-state index in [4.69, 9.17) is 0 Å². The van der Waals surface area contributed by atoms with Gasteiger partial charge in [-0.1, -0.05) is 38.6 Å². The Hall–Kier alpha value is -3.01. The third kappa shape index (κ3) is 3.03. The fourth-order valence-electron chi connectivity index (χ4n) is 3.11. The molecule has 3 heterocycles. The number of H-pyrrole nitrogens is 1. The van der Waals surface area contributed by atoms with Gasteiger partial charge in [-0.15, -0.1) is 0 Å². The Morgan fingerprint density at radius 2 is 2.12 bits per heavy atom. The first kappa shape index (κ1) is 15.5. The average molecular weight is 330 g/mol. The Kier molecular flexibility index (Phi) is 3.80. The van der Waals surface area contributed by atoms with Crippen molar-refractivity contribution in [1.29, 1.82) is 0 Å². The molecule has 0 bridgehead atoms. The Balaban J connectivity index is 1.53. The van der Waals surface area contributed by atoms with Crippen molar-refractivity contribution in [2.24, 2.45) is 0 Å². The van der Waals surface area contributed by atoms with E-state index in [1.54, 1.807) is 0 Å². The minimum Gasteiger partial charge on any atom is -0.361 e. The van der Waals surface area contributed by atoms with Crippen molar-refractivity contribution >= 4 is 22.2 Å². The summed E-state index contributed by atoms with van der Waals surface area (Å²) in [5.74, 6) is 0.424. The van der Waals surface area contributed by atoms with E-state index in [9.17, 15) is 0 Å². The Bertz CT molecular complexity index is 1050. The summed E-state index contributed by atoms with van der Waals surface area (Å²) < 4.78 is 2.06. The van der Waals surface area contributed by atoms with Crippen LogP contribution in [0.3, 0.4) is 0 Å². The number of nitrogens with one attached hydrogen (secondary N) is 2. The summed E-state index contributed by atoms with van der Waals surface area (Å²) in [4.78, 5) is 8.00. The molecule has 0 amide bonds. The highest BCUT2D eigenvalue weighted by molar-refractivity contribution is 5.83. The van der Waals surface area contributed by atoms with Gasteiger partial charge >= 0.3 is 0 Å². The minimum absolute atomic E-state index is 0.424. The second kappa shape index (κ2) is 6.13. The van der Waals surface area contributed by atoms with Gasteiger partial charge < -0.3 is 14.7 Å². The molecular weight excluding hydrogens is 308 g/mol. The van der Waals surface area contributed by atoms with Crippen molar-refractivity contribution in [3.05, 3.63) is 78.5 Å². The summed E-state index contributed by atoms with van der Waals surface area (Å²) in [5.41, 5.74) is 6.44. The van der Waals surface area contributed by atoms with Gasteiger partial charge in [-0.3, -0.25) is 0 Å². The number of hydrogen-bond acceptors (Lipinski definition) is 2. The normalized spacial score (nSPS) is 11.5. The smallest absolute Gasteiger partial charge is 0.139 e. The molecule has 0 aliphatic heterocycles. The quantitative estimate of drug-likeness (QED) is 0.534. The molecule has 0 saturated carbocycles. The van der Waals surface area contributed by atoms with E-state index in [1.807, 2.05) is 12.3 Å². The lowest BCUT2D eigenvalue weighted by Crippen LogP contribution is -2.01. The van der Waals surface area contributed by atoms with Crippen molar-refractivity contribution in [3.8, 4) is 0 Å².